The lowest BCUT2D eigenvalue weighted by atomic mass is 10.2. The number of rotatable bonds is 14. The molecule has 0 aliphatic carbocycles. The average molecular weight is 451 g/mol. The zero-order valence-corrected chi connectivity index (χ0v) is 21.3. The van der Waals surface area contributed by atoms with Crippen LogP contribution in [0.5, 0.6) is 0 Å². The summed E-state index contributed by atoms with van der Waals surface area (Å²) in [6, 6.07) is 0. The number of thiol groups is 2. The van der Waals surface area contributed by atoms with Gasteiger partial charge < -0.3 is 0 Å². The summed E-state index contributed by atoms with van der Waals surface area (Å²) in [5.74, 6) is 3.96. The summed E-state index contributed by atoms with van der Waals surface area (Å²) in [6.45, 7) is 9.11. The van der Waals surface area contributed by atoms with E-state index in [0.29, 0.717) is 0 Å². The van der Waals surface area contributed by atoms with Gasteiger partial charge in [-0.1, -0.05) is 64.2 Å². The molecule has 0 fully saturated rings. The summed E-state index contributed by atoms with van der Waals surface area (Å²) >= 11 is 23.0. The molecule has 7 heteroatoms. The Morgan fingerprint density at radius 2 is 1.17 bits per heavy atom. The van der Waals surface area contributed by atoms with Crippen molar-refractivity contribution >= 4 is 70.4 Å². The zero-order chi connectivity index (χ0) is 17.9. The maximum Gasteiger partial charge on any atom is 0.00368 e. The van der Waals surface area contributed by atoms with E-state index in [-0.39, 0.29) is 0 Å². The van der Waals surface area contributed by atoms with E-state index in [9.17, 15) is 0 Å². The van der Waals surface area contributed by atoms with Crippen molar-refractivity contribution in [2.75, 3.05) is 36.2 Å². The van der Waals surface area contributed by atoms with E-state index >= 15 is 0 Å². The first-order chi connectivity index (χ1) is 10.6. The smallest absolute Gasteiger partial charge is 0.00368 e. The molecule has 0 bridgehead atoms. The molecule has 140 valence electrons. The second kappa shape index (κ2) is 13.5. The molecular formula is C16H36P2S5. The van der Waals surface area contributed by atoms with Crippen LogP contribution in [0.3, 0.4) is 0 Å². The first-order valence-corrected chi connectivity index (χ1v) is 18.6. The third-order valence-corrected chi connectivity index (χ3v) is 13.7. The maximum absolute atomic E-state index is 5.68. The van der Waals surface area contributed by atoms with E-state index in [2.05, 4.69) is 39.5 Å². The summed E-state index contributed by atoms with van der Waals surface area (Å²) in [5, 5.41) is -2.70. The summed E-state index contributed by atoms with van der Waals surface area (Å²) < 4.78 is 0. The van der Waals surface area contributed by atoms with Crippen molar-refractivity contribution < 1.29 is 0 Å². The number of hydrogen-bond acceptors (Lipinski definition) is 3. The second-order valence-electron chi connectivity index (χ2n) is 6.91. The van der Waals surface area contributed by atoms with Gasteiger partial charge in [-0.2, -0.15) is 11.8 Å². The van der Waals surface area contributed by atoms with E-state index in [1.807, 2.05) is 0 Å². The predicted octanol–water partition coefficient (Wildman–Crippen LogP) is 7.24. The monoisotopic (exact) mass is 450 g/mol. The van der Waals surface area contributed by atoms with Gasteiger partial charge in [-0.05, 0) is 60.8 Å². The fraction of sp³-hybridized carbons (Fsp3) is 1.00. The Labute approximate surface area is 170 Å². The third-order valence-electron chi connectivity index (χ3n) is 3.85. The molecule has 0 aromatic rings. The van der Waals surface area contributed by atoms with E-state index < -0.39 is 10.5 Å². The third kappa shape index (κ3) is 15.1. The highest BCUT2D eigenvalue weighted by atomic mass is 32.9. The molecule has 0 aromatic carbocycles. The summed E-state index contributed by atoms with van der Waals surface area (Å²) in [7, 11) is 0. The molecule has 4 unspecified atom stereocenters. The van der Waals surface area contributed by atoms with Crippen molar-refractivity contribution in [3.8, 4) is 0 Å². The minimum Gasteiger partial charge on any atom is -0.162 e. The summed E-state index contributed by atoms with van der Waals surface area (Å²) in [6.07, 6.45) is 9.53. The molecule has 0 aromatic heterocycles. The highest BCUT2D eigenvalue weighted by molar-refractivity contribution is 8.63. The van der Waals surface area contributed by atoms with Crippen molar-refractivity contribution in [1.82, 2.24) is 0 Å². The highest BCUT2D eigenvalue weighted by Gasteiger charge is 2.16. The van der Waals surface area contributed by atoms with Gasteiger partial charge in [0.2, 0.25) is 0 Å². The van der Waals surface area contributed by atoms with Crippen LogP contribution in [0, 0.1) is 11.8 Å². The van der Waals surface area contributed by atoms with Gasteiger partial charge in [0.05, 0.1) is 0 Å². The second-order valence-corrected chi connectivity index (χ2v) is 23.6. The quantitative estimate of drug-likeness (QED) is 0.163. The molecule has 23 heavy (non-hydrogen) atoms. The van der Waals surface area contributed by atoms with E-state index in [0.717, 1.165) is 36.5 Å². The van der Waals surface area contributed by atoms with Crippen LogP contribution in [0.2, 0.25) is 0 Å². The average Bonchev–Trinajstić information content (AvgIpc) is 2.36. The molecule has 4 atom stereocenters. The fourth-order valence-electron chi connectivity index (χ4n) is 2.71. The van der Waals surface area contributed by atoms with Crippen LogP contribution < -0.4 is 0 Å². The van der Waals surface area contributed by atoms with Crippen molar-refractivity contribution in [2.45, 2.75) is 53.4 Å². The lowest BCUT2D eigenvalue weighted by Gasteiger charge is -2.21. The van der Waals surface area contributed by atoms with Crippen molar-refractivity contribution in [3.05, 3.63) is 0 Å². The molecule has 0 radical (unpaired) electrons. The molecule has 0 saturated carbocycles. The lowest BCUT2D eigenvalue weighted by Crippen LogP contribution is -2.06. The SMILES string of the molecule is CCCP(=S)(S)CC(C)CCSCCC(C)CP(=S)(S)CCC. The Morgan fingerprint density at radius 1 is 0.826 bits per heavy atom. The molecule has 0 nitrogen and oxygen atoms in total. The Morgan fingerprint density at radius 3 is 1.48 bits per heavy atom. The van der Waals surface area contributed by atoms with Crippen molar-refractivity contribution in [2.24, 2.45) is 11.8 Å². The molecule has 0 saturated heterocycles. The van der Waals surface area contributed by atoms with Crippen molar-refractivity contribution in [3.63, 3.8) is 0 Å². The minimum absolute atomic E-state index is 0.725. The first kappa shape index (κ1) is 25.4. The number of thioether (sulfide) groups is 1. The van der Waals surface area contributed by atoms with Crippen LogP contribution in [0.1, 0.15) is 53.4 Å². The van der Waals surface area contributed by atoms with Gasteiger partial charge in [0.25, 0.3) is 0 Å². The normalized spacial score (nSPS) is 19.7. The van der Waals surface area contributed by atoms with Gasteiger partial charge in [0, 0.05) is 10.5 Å². The highest BCUT2D eigenvalue weighted by Crippen LogP contribution is 2.54. The van der Waals surface area contributed by atoms with E-state index in [1.165, 1.54) is 37.2 Å². The maximum atomic E-state index is 5.68. The Balaban J connectivity index is 3.80. The van der Waals surface area contributed by atoms with Gasteiger partial charge in [-0.3, -0.25) is 0 Å². The Bertz CT molecular complexity index is 364. The van der Waals surface area contributed by atoms with Crippen LogP contribution in [0.25, 0.3) is 0 Å². The predicted molar refractivity (Wildman–Crippen MR) is 131 cm³/mol. The molecule has 0 spiro atoms. The Kier molecular flexibility index (Phi) is 14.9. The van der Waals surface area contributed by atoms with Crippen LogP contribution in [0.15, 0.2) is 0 Å². The van der Waals surface area contributed by atoms with Crippen LogP contribution >= 0.6 is 46.7 Å². The van der Waals surface area contributed by atoms with Gasteiger partial charge >= 0.3 is 0 Å². The largest absolute Gasteiger partial charge is 0.162 e. The fourth-order valence-corrected chi connectivity index (χ4v) is 13.6. The van der Waals surface area contributed by atoms with E-state index in [4.69, 9.17) is 48.1 Å². The molecule has 0 N–H and O–H groups in total. The van der Waals surface area contributed by atoms with Gasteiger partial charge in [-0.15, -0.1) is 24.5 Å². The lowest BCUT2D eigenvalue weighted by molar-refractivity contribution is 0.631. The van der Waals surface area contributed by atoms with Crippen LogP contribution in [0.4, 0.5) is 0 Å². The molecule has 0 rings (SSSR count). The zero-order valence-electron chi connectivity index (χ0n) is 15.2. The van der Waals surface area contributed by atoms with Gasteiger partial charge in [0.1, 0.15) is 0 Å². The van der Waals surface area contributed by atoms with Crippen LogP contribution in [-0.2, 0) is 23.6 Å². The molecule has 0 aliphatic heterocycles. The Hall–Kier alpha value is 2.35. The molecule has 0 aliphatic rings. The molecule has 0 amide bonds. The summed E-state index contributed by atoms with van der Waals surface area (Å²) in [4.78, 5) is 0. The molecular weight excluding hydrogens is 414 g/mol. The number of hydrogen-bond donors (Lipinski definition) is 2. The van der Waals surface area contributed by atoms with Crippen LogP contribution in [-0.4, -0.2) is 36.2 Å². The van der Waals surface area contributed by atoms with Gasteiger partial charge in [-0.25, -0.2) is 0 Å². The standard InChI is InChI=1S/C16H36P2S5/c1-5-9-17(19,20)13-15(3)7-11-23-12-8-16(4)14-18(21,22)10-6-2/h15-16H,5-14H2,1-4H3,(H,19,20)(H,21,22). The topological polar surface area (TPSA) is 0 Å². The minimum atomic E-state index is -1.35. The van der Waals surface area contributed by atoms with E-state index in [1.54, 1.807) is 0 Å². The first-order valence-electron chi connectivity index (χ1n) is 8.81. The van der Waals surface area contributed by atoms with Gasteiger partial charge in [0.15, 0.2) is 0 Å². The molecule has 0 heterocycles. The van der Waals surface area contributed by atoms with Crippen molar-refractivity contribution in [1.29, 1.82) is 0 Å². The summed E-state index contributed by atoms with van der Waals surface area (Å²) in [5.41, 5.74) is 0.